The molecule has 0 aliphatic heterocycles. The maximum absolute atomic E-state index is 6.02. The second kappa shape index (κ2) is 6.63. The van der Waals surface area contributed by atoms with Gasteiger partial charge >= 0.3 is 0 Å². The summed E-state index contributed by atoms with van der Waals surface area (Å²) in [5, 5.41) is 3.97. The Hall–Kier alpha value is 0.210. The first-order valence-electron chi connectivity index (χ1n) is 5.19. The summed E-state index contributed by atoms with van der Waals surface area (Å²) in [6, 6.07) is 0.701. The fourth-order valence-electron chi connectivity index (χ4n) is 1.78. The highest BCUT2D eigenvalue weighted by Crippen LogP contribution is 2.22. The molecule has 0 bridgehead atoms. The molecule has 0 amide bonds. The van der Waals surface area contributed by atoms with Gasteiger partial charge in [0.1, 0.15) is 0 Å². The molecule has 3 heteroatoms. The Morgan fingerprint density at radius 1 is 1.31 bits per heavy atom. The molecule has 13 heavy (non-hydrogen) atoms. The Balaban J connectivity index is 1.96. The van der Waals surface area contributed by atoms with Crippen molar-refractivity contribution in [3.05, 3.63) is 0 Å². The molecule has 0 saturated heterocycles. The van der Waals surface area contributed by atoms with Gasteiger partial charge in [-0.15, -0.1) is 11.6 Å². The minimum absolute atomic E-state index is 0.428. The molecule has 0 aromatic heterocycles. The molecule has 0 aromatic rings. The molecule has 2 nitrogen and oxygen atoms in total. The lowest BCUT2D eigenvalue weighted by molar-refractivity contribution is 0.192. The summed E-state index contributed by atoms with van der Waals surface area (Å²) >= 11 is 6.02. The number of hydrogen-bond acceptors (Lipinski definition) is 2. The number of nitrogens with one attached hydrogen (secondary N) is 1. The van der Waals surface area contributed by atoms with Crippen molar-refractivity contribution in [2.24, 2.45) is 0 Å². The van der Waals surface area contributed by atoms with Crippen molar-refractivity contribution < 1.29 is 4.74 Å². The van der Waals surface area contributed by atoms with Crippen molar-refractivity contribution in [2.75, 3.05) is 20.3 Å². The van der Waals surface area contributed by atoms with Crippen LogP contribution in [-0.2, 0) is 4.74 Å². The van der Waals surface area contributed by atoms with E-state index >= 15 is 0 Å². The highest BCUT2D eigenvalue weighted by molar-refractivity contribution is 6.20. The molecule has 1 saturated carbocycles. The van der Waals surface area contributed by atoms with E-state index in [4.69, 9.17) is 16.3 Å². The summed E-state index contributed by atoms with van der Waals surface area (Å²) in [5.74, 6) is 0. The fraction of sp³-hybridized carbons (Fsp3) is 1.00. The molecular weight excluding hydrogens is 186 g/mol. The highest BCUT2D eigenvalue weighted by atomic mass is 35.5. The van der Waals surface area contributed by atoms with E-state index in [-0.39, 0.29) is 0 Å². The van der Waals surface area contributed by atoms with Crippen LogP contribution in [0.15, 0.2) is 0 Å². The Kier molecular flexibility index (Phi) is 5.76. The van der Waals surface area contributed by atoms with Crippen molar-refractivity contribution in [3.63, 3.8) is 0 Å². The van der Waals surface area contributed by atoms with Crippen LogP contribution in [-0.4, -0.2) is 31.7 Å². The molecule has 1 aliphatic carbocycles. The Morgan fingerprint density at radius 2 is 2.00 bits per heavy atom. The van der Waals surface area contributed by atoms with E-state index in [1.165, 1.54) is 25.7 Å². The van der Waals surface area contributed by atoms with E-state index in [1.807, 2.05) is 0 Å². The van der Waals surface area contributed by atoms with Gasteiger partial charge in [0, 0.05) is 25.1 Å². The third kappa shape index (κ3) is 4.84. The second-order valence-corrected chi connectivity index (χ2v) is 4.37. The first kappa shape index (κ1) is 11.3. The number of alkyl halides is 1. The summed E-state index contributed by atoms with van der Waals surface area (Å²) in [5.41, 5.74) is 0. The quantitative estimate of drug-likeness (QED) is 0.549. The number of halogens is 1. The molecule has 1 N–H and O–H groups in total. The Morgan fingerprint density at radius 3 is 2.62 bits per heavy atom. The summed E-state index contributed by atoms with van der Waals surface area (Å²) in [6.07, 6.45) is 5.92. The Bertz CT molecular complexity index is 124. The van der Waals surface area contributed by atoms with E-state index in [1.54, 1.807) is 7.11 Å². The molecule has 1 aliphatic rings. The third-order valence-electron chi connectivity index (χ3n) is 2.61. The number of hydrogen-bond donors (Lipinski definition) is 1. The van der Waals surface area contributed by atoms with Crippen molar-refractivity contribution in [1.82, 2.24) is 5.32 Å². The van der Waals surface area contributed by atoms with Crippen LogP contribution in [0.25, 0.3) is 0 Å². The Labute approximate surface area is 86.0 Å². The van der Waals surface area contributed by atoms with E-state index < -0.39 is 0 Å². The van der Waals surface area contributed by atoms with Gasteiger partial charge in [-0.25, -0.2) is 0 Å². The van der Waals surface area contributed by atoms with Gasteiger partial charge in [-0.05, 0) is 38.6 Å². The lowest BCUT2D eigenvalue weighted by Crippen LogP contribution is -2.34. The zero-order chi connectivity index (χ0) is 9.52. The molecule has 1 rings (SSSR count). The average molecular weight is 206 g/mol. The van der Waals surface area contributed by atoms with Crippen molar-refractivity contribution in [2.45, 2.75) is 43.5 Å². The second-order valence-electron chi connectivity index (χ2n) is 3.75. The molecule has 1 fully saturated rings. The fourth-order valence-corrected chi connectivity index (χ4v) is 2.03. The smallest absolute Gasteiger partial charge is 0.0474 e. The predicted octanol–water partition coefficient (Wildman–Crippen LogP) is 2.16. The van der Waals surface area contributed by atoms with E-state index in [0.29, 0.717) is 11.4 Å². The summed E-state index contributed by atoms with van der Waals surface area (Å²) in [7, 11) is 1.75. The zero-order valence-corrected chi connectivity index (χ0v) is 9.15. The summed E-state index contributed by atoms with van der Waals surface area (Å²) < 4.78 is 4.99. The van der Waals surface area contributed by atoms with Crippen LogP contribution in [0.1, 0.15) is 32.1 Å². The maximum atomic E-state index is 6.02. The van der Waals surface area contributed by atoms with Crippen molar-refractivity contribution >= 4 is 11.6 Å². The van der Waals surface area contributed by atoms with Crippen LogP contribution in [0.2, 0.25) is 0 Å². The lowest BCUT2D eigenvalue weighted by atomic mass is 9.95. The molecule has 0 aromatic carbocycles. The van der Waals surface area contributed by atoms with Crippen molar-refractivity contribution in [1.29, 1.82) is 0 Å². The first-order valence-corrected chi connectivity index (χ1v) is 5.63. The molecule has 0 atom stereocenters. The summed E-state index contributed by atoms with van der Waals surface area (Å²) in [4.78, 5) is 0. The zero-order valence-electron chi connectivity index (χ0n) is 8.39. The summed E-state index contributed by atoms with van der Waals surface area (Å²) in [6.45, 7) is 1.93. The minimum atomic E-state index is 0.428. The maximum Gasteiger partial charge on any atom is 0.0474 e. The molecule has 78 valence electrons. The number of ether oxygens (including phenoxy) is 1. The van der Waals surface area contributed by atoms with Gasteiger partial charge in [-0.1, -0.05) is 0 Å². The van der Waals surface area contributed by atoms with Gasteiger partial charge in [0.05, 0.1) is 0 Å². The monoisotopic (exact) mass is 205 g/mol. The van der Waals surface area contributed by atoms with Gasteiger partial charge in [0.2, 0.25) is 0 Å². The van der Waals surface area contributed by atoms with Crippen LogP contribution in [0, 0.1) is 0 Å². The highest BCUT2D eigenvalue weighted by Gasteiger charge is 2.18. The average Bonchev–Trinajstić information content (AvgIpc) is 2.15. The predicted molar refractivity (Wildman–Crippen MR) is 56.4 cm³/mol. The van der Waals surface area contributed by atoms with Crippen LogP contribution in [0.4, 0.5) is 0 Å². The van der Waals surface area contributed by atoms with Crippen LogP contribution in [0.5, 0.6) is 0 Å². The van der Waals surface area contributed by atoms with E-state index in [0.717, 1.165) is 19.6 Å². The number of rotatable bonds is 5. The lowest BCUT2D eigenvalue weighted by Gasteiger charge is -2.25. The van der Waals surface area contributed by atoms with Gasteiger partial charge in [-0.2, -0.15) is 0 Å². The van der Waals surface area contributed by atoms with Crippen LogP contribution >= 0.6 is 11.6 Å². The normalized spacial score (nSPS) is 29.1. The van der Waals surface area contributed by atoms with Gasteiger partial charge in [-0.3, -0.25) is 0 Å². The third-order valence-corrected chi connectivity index (χ3v) is 3.05. The van der Waals surface area contributed by atoms with Crippen LogP contribution in [0.3, 0.4) is 0 Å². The topological polar surface area (TPSA) is 21.3 Å². The van der Waals surface area contributed by atoms with Crippen molar-refractivity contribution in [3.8, 4) is 0 Å². The van der Waals surface area contributed by atoms with Gasteiger partial charge < -0.3 is 10.1 Å². The van der Waals surface area contributed by atoms with Gasteiger partial charge in [0.25, 0.3) is 0 Å². The molecule has 0 heterocycles. The SMILES string of the molecule is COCCCNC1CCC(Cl)CC1. The first-order chi connectivity index (χ1) is 6.33. The molecule has 0 unspecified atom stereocenters. The number of methoxy groups -OCH3 is 1. The largest absolute Gasteiger partial charge is 0.385 e. The van der Waals surface area contributed by atoms with E-state index in [2.05, 4.69) is 5.32 Å². The molecular formula is C10H20ClNO. The van der Waals surface area contributed by atoms with E-state index in [9.17, 15) is 0 Å². The molecule has 0 radical (unpaired) electrons. The standard InChI is InChI=1S/C10H20ClNO/c1-13-8-2-7-12-10-5-3-9(11)4-6-10/h9-10,12H,2-8H2,1H3. The van der Waals surface area contributed by atoms with Crippen LogP contribution < -0.4 is 5.32 Å². The molecule has 0 spiro atoms. The minimum Gasteiger partial charge on any atom is -0.385 e. The van der Waals surface area contributed by atoms with Gasteiger partial charge in [0.15, 0.2) is 0 Å².